The molecule has 1 N–H and O–H groups in total. The molecule has 6 heteroatoms. The first-order valence-electron chi connectivity index (χ1n) is 14.2. The van der Waals surface area contributed by atoms with Gasteiger partial charge in [-0.05, 0) is 87.5 Å². The van der Waals surface area contributed by atoms with Gasteiger partial charge in [0.05, 0.1) is 10.0 Å². The molecule has 0 bridgehead atoms. The van der Waals surface area contributed by atoms with E-state index < -0.39 is 0 Å². The maximum atomic E-state index is 13.4. The number of likely N-dealkylation sites (tertiary alicyclic amines) is 2. The molecule has 2 aliphatic heterocycles. The molecule has 0 aliphatic carbocycles. The first-order chi connectivity index (χ1) is 18.9. The van der Waals surface area contributed by atoms with Crippen LogP contribution in [0.15, 0.2) is 78.9 Å². The van der Waals surface area contributed by atoms with Crippen molar-refractivity contribution in [1.82, 2.24) is 15.1 Å². The molecule has 0 spiro atoms. The van der Waals surface area contributed by atoms with Crippen molar-refractivity contribution in [2.75, 3.05) is 39.8 Å². The number of carbonyl (C=O) groups excluding carboxylic acids is 1. The molecule has 0 aromatic heterocycles. The summed E-state index contributed by atoms with van der Waals surface area (Å²) in [6, 6.07) is 26.6. The standard InChI is InChI=1S/C33H39Cl2N3O/c1-36-33(27-12-6-3-7-13-27)18-22-37(23-19-33)20-8-16-32(28-14-15-29(34)30(35)24-28)17-9-21-38(25-32)31(39)26-10-4-2-5-11-26/h2-7,10-15,24,36H,8-9,16-23,25H2,1H3. The van der Waals surface area contributed by atoms with Crippen molar-refractivity contribution >= 4 is 29.1 Å². The molecule has 5 rings (SSSR count). The highest BCUT2D eigenvalue weighted by Gasteiger charge is 2.39. The molecule has 0 saturated carbocycles. The molecule has 1 amide bonds. The van der Waals surface area contributed by atoms with Crippen molar-refractivity contribution in [3.63, 3.8) is 0 Å². The molecule has 2 aliphatic rings. The minimum atomic E-state index is -0.133. The molecule has 0 radical (unpaired) electrons. The number of benzene rings is 3. The number of nitrogens with one attached hydrogen (secondary N) is 1. The summed E-state index contributed by atoms with van der Waals surface area (Å²) in [6.07, 6.45) is 6.31. The second kappa shape index (κ2) is 12.4. The van der Waals surface area contributed by atoms with Gasteiger partial charge in [0.2, 0.25) is 0 Å². The van der Waals surface area contributed by atoms with E-state index in [0.717, 1.165) is 70.3 Å². The third-order valence-electron chi connectivity index (χ3n) is 9.06. The Morgan fingerprint density at radius 3 is 2.21 bits per heavy atom. The first-order valence-corrected chi connectivity index (χ1v) is 15.0. The Morgan fingerprint density at radius 1 is 0.846 bits per heavy atom. The van der Waals surface area contributed by atoms with Crippen LogP contribution in [-0.4, -0.2) is 55.5 Å². The fourth-order valence-corrected chi connectivity index (χ4v) is 7.02. The fourth-order valence-electron chi connectivity index (χ4n) is 6.72. The van der Waals surface area contributed by atoms with E-state index >= 15 is 0 Å². The number of hydrogen-bond acceptors (Lipinski definition) is 3. The highest BCUT2D eigenvalue weighted by atomic mass is 35.5. The zero-order valence-electron chi connectivity index (χ0n) is 22.8. The Balaban J connectivity index is 1.28. The lowest BCUT2D eigenvalue weighted by molar-refractivity contribution is 0.0616. The molecule has 206 valence electrons. The summed E-state index contributed by atoms with van der Waals surface area (Å²) in [5, 5.41) is 4.80. The lowest BCUT2D eigenvalue weighted by Gasteiger charge is -2.45. The minimum absolute atomic E-state index is 0.0563. The number of halogens is 2. The first kappa shape index (κ1) is 28.2. The Kier molecular flexibility index (Phi) is 8.98. The third-order valence-corrected chi connectivity index (χ3v) is 9.80. The second-order valence-corrected chi connectivity index (χ2v) is 12.1. The van der Waals surface area contributed by atoms with Crippen molar-refractivity contribution in [2.45, 2.75) is 49.5 Å². The van der Waals surface area contributed by atoms with Crippen LogP contribution in [0.2, 0.25) is 10.0 Å². The van der Waals surface area contributed by atoms with Crippen LogP contribution in [0, 0.1) is 0 Å². The minimum Gasteiger partial charge on any atom is -0.338 e. The van der Waals surface area contributed by atoms with Gasteiger partial charge in [-0.3, -0.25) is 4.79 Å². The predicted molar refractivity (Wildman–Crippen MR) is 162 cm³/mol. The van der Waals surface area contributed by atoms with Gasteiger partial charge in [-0.25, -0.2) is 0 Å². The van der Waals surface area contributed by atoms with E-state index in [1.807, 2.05) is 47.4 Å². The number of piperidine rings is 2. The summed E-state index contributed by atoms with van der Waals surface area (Å²) < 4.78 is 0. The summed E-state index contributed by atoms with van der Waals surface area (Å²) in [4.78, 5) is 18.1. The third kappa shape index (κ3) is 6.20. The van der Waals surface area contributed by atoms with E-state index in [2.05, 4.69) is 53.7 Å². The number of carbonyl (C=O) groups is 1. The summed E-state index contributed by atoms with van der Waals surface area (Å²) in [6.45, 7) is 4.70. The molecule has 3 aromatic carbocycles. The van der Waals surface area contributed by atoms with Crippen LogP contribution in [0.5, 0.6) is 0 Å². The maximum absolute atomic E-state index is 13.4. The Morgan fingerprint density at radius 2 is 1.54 bits per heavy atom. The van der Waals surface area contributed by atoms with Crippen LogP contribution in [0.4, 0.5) is 0 Å². The normalized spacial score (nSPS) is 21.6. The van der Waals surface area contributed by atoms with Gasteiger partial charge in [0.15, 0.2) is 0 Å². The highest BCUT2D eigenvalue weighted by Crippen LogP contribution is 2.41. The molecule has 2 saturated heterocycles. The summed E-state index contributed by atoms with van der Waals surface area (Å²) in [5.41, 5.74) is 3.25. The molecule has 4 nitrogen and oxygen atoms in total. The molecule has 2 fully saturated rings. The van der Waals surface area contributed by atoms with Crippen LogP contribution < -0.4 is 5.32 Å². The van der Waals surface area contributed by atoms with E-state index in [9.17, 15) is 4.79 Å². The average molecular weight is 565 g/mol. The van der Waals surface area contributed by atoms with Crippen molar-refractivity contribution < 1.29 is 4.79 Å². The Labute approximate surface area is 243 Å². The van der Waals surface area contributed by atoms with Crippen LogP contribution >= 0.6 is 23.2 Å². The number of amides is 1. The molecule has 39 heavy (non-hydrogen) atoms. The van der Waals surface area contributed by atoms with E-state index in [1.54, 1.807) is 0 Å². The van der Waals surface area contributed by atoms with Gasteiger partial charge in [-0.1, -0.05) is 77.8 Å². The largest absolute Gasteiger partial charge is 0.338 e. The average Bonchev–Trinajstić information content (AvgIpc) is 2.99. The Hall–Kier alpha value is -2.37. The summed E-state index contributed by atoms with van der Waals surface area (Å²) >= 11 is 12.8. The van der Waals surface area contributed by atoms with Gasteiger partial charge in [-0.2, -0.15) is 0 Å². The van der Waals surface area contributed by atoms with Gasteiger partial charge in [0, 0.05) is 42.7 Å². The summed E-state index contributed by atoms with van der Waals surface area (Å²) in [5.74, 6) is 0.111. The lowest BCUT2D eigenvalue weighted by Crippen LogP contribution is -2.50. The monoisotopic (exact) mass is 563 g/mol. The smallest absolute Gasteiger partial charge is 0.253 e. The maximum Gasteiger partial charge on any atom is 0.253 e. The quantitative estimate of drug-likeness (QED) is 0.316. The van der Waals surface area contributed by atoms with Gasteiger partial charge < -0.3 is 15.1 Å². The lowest BCUT2D eigenvalue weighted by atomic mass is 9.70. The van der Waals surface area contributed by atoms with E-state index in [-0.39, 0.29) is 16.9 Å². The van der Waals surface area contributed by atoms with Crippen LogP contribution in [-0.2, 0) is 11.0 Å². The zero-order chi connectivity index (χ0) is 27.3. The number of rotatable bonds is 8. The van der Waals surface area contributed by atoms with Crippen molar-refractivity contribution in [3.05, 3.63) is 106 Å². The SMILES string of the molecule is CNC1(c2ccccc2)CCN(CCCC2(c3ccc(Cl)c(Cl)c3)CCCN(C(=O)c3ccccc3)C2)CC1. The molecule has 2 heterocycles. The zero-order valence-corrected chi connectivity index (χ0v) is 24.4. The Bertz CT molecular complexity index is 1240. The van der Waals surface area contributed by atoms with Crippen LogP contribution in [0.1, 0.15) is 60.0 Å². The van der Waals surface area contributed by atoms with Crippen LogP contribution in [0.3, 0.4) is 0 Å². The van der Waals surface area contributed by atoms with Gasteiger partial charge in [-0.15, -0.1) is 0 Å². The van der Waals surface area contributed by atoms with Crippen LogP contribution in [0.25, 0.3) is 0 Å². The molecular weight excluding hydrogens is 525 g/mol. The molecule has 3 aromatic rings. The van der Waals surface area contributed by atoms with Crippen molar-refractivity contribution in [2.24, 2.45) is 0 Å². The summed E-state index contributed by atoms with van der Waals surface area (Å²) in [7, 11) is 2.09. The number of nitrogens with zero attached hydrogens (tertiary/aromatic N) is 2. The van der Waals surface area contributed by atoms with Gasteiger partial charge in [0.1, 0.15) is 0 Å². The highest BCUT2D eigenvalue weighted by molar-refractivity contribution is 6.42. The fraction of sp³-hybridized carbons (Fsp3) is 0.424. The molecule has 1 unspecified atom stereocenters. The predicted octanol–water partition coefficient (Wildman–Crippen LogP) is 7.16. The van der Waals surface area contributed by atoms with Crippen molar-refractivity contribution in [3.8, 4) is 0 Å². The molecular formula is C33H39Cl2N3O. The van der Waals surface area contributed by atoms with Gasteiger partial charge >= 0.3 is 0 Å². The topological polar surface area (TPSA) is 35.6 Å². The van der Waals surface area contributed by atoms with E-state index in [0.29, 0.717) is 16.6 Å². The molecule has 1 atom stereocenters. The van der Waals surface area contributed by atoms with Crippen molar-refractivity contribution in [1.29, 1.82) is 0 Å². The van der Waals surface area contributed by atoms with E-state index in [1.165, 1.54) is 11.1 Å². The van der Waals surface area contributed by atoms with Gasteiger partial charge in [0.25, 0.3) is 5.91 Å². The van der Waals surface area contributed by atoms with E-state index in [4.69, 9.17) is 23.2 Å². The second-order valence-electron chi connectivity index (χ2n) is 11.2. The number of hydrogen-bond donors (Lipinski definition) is 1.